The molecule has 1 amide bonds. The fourth-order valence-corrected chi connectivity index (χ4v) is 3.90. The predicted octanol–water partition coefficient (Wildman–Crippen LogP) is 3.65. The number of Topliss-reactive ketones (excluding diaryl/α,β-unsaturated/α-hetero) is 1. The van der Waals surface area contributed by atoms with Gasteiger partial charge in [0.2, 0.25) is 5.91 Å². The van der Waals surface area contributed by atoms with Crippen molar-refractivity contribution >= 4 is 23.0 Å². The molecule has 5 nitrogen and oxygen atoms in total. The molecule has 2 aromatic heterocycles. The van der Waals surface area contributed by atoms with Crippen LogP contribution in [0.5, 0.6) is 0 Å². The number of furan rings is 1. The van der Waals surface area contributed by atoms with Crippen LogP contribution in [0.15, 0.2) is 40.3 Å². The van der Waals surface area contributed by atoms with Crippen molar-refractivity contribution in [1.29, 1.82) is 0 Å². The van der Waals surface area contributed by atoms with E-state index in [9.17, 15) is 9.59 Å². The van der Waals surface area contributed by atoms with Gasteiger partial charge in [-0.2, -0.15) is 0 Å². The molecule has 3 heterocycles. The summed E-state index contributed by atoms with van der Waals surface area (Å²) in [5.74, 6) is 0.832. The fourth-order valence-electron chi connectivity index (χ4n) is 3.21. The van der Waals surface area contributed by atoms with Crippen molar-refractivity contribution < 1.29 is 14.0 Å². The molecule has 25 heavy (non-hydrogen) atoms. The minimum Gasteiger partial charge on any atom is -0.468 e. The van der Waals surface area contributed by atoms with E-state index in [0.717, 1.165) is 23.7 Å². The minimum atomic E-state index is -0.0847. The van der Waals surface area contributed by atoms with E-state index in [2.05, 4.69) is 10.2 Å². The summed E-state index contributed by atoms with van der Waals surface area (Å²) in [6, 6.07) is 7.56. The maximum atomic E-state index is 12.2. The second kappa shape index (κ2) is 8.97. The van der Waals surface area contributed by atoms with Crippen molar-refractivity contribution in [3.8, 4) is 0 Å². The molecular weight excluding hydrogens is 336 g/mol. The van der Waals surface area contributed by atoms with Gasteiger partial charge in [0, 0.05) is 19.4 Å². The highest BCUT2D eigenvalue weighted by Crippen LogP contribution is 2.24. The number of ketones is 1. The lowest BCUT2D eigenvalue weighted by molar-refractivity contribution is -0.121. The third-order valence-corrected chi connectivity index (χ3v) is 5.48. The number of nitrogens with zero attached hydrogens (tertiary/aromatic N) is 1. The number of likely N-dealkylation sites (tertiary alicyclic amines) is 1. The molecule has 1 N–H and O–H groups in total. The Labute approximate surface area is 152 Å². The summed E-state index contributed by atoms with van der Waals surface area (Å²) in [5.41, 5.74) is 0. The van der Waals surface area contributed by atoms with Crippen LogP contribution in [0.2, 0.25) is 0 Å². The van der Waals surface area contributed by atoms with Gasteiger partial charge >= 0.3 is 0 Å². The van der Waals surface area contributed by atoms with Crippen molar-refractivity contribution in [1.82, 2.24) is 10.2 Å². The Bertz CT molecular complexity index is 661. The van der Waals surface area contributed by atoms with Gasteiger partial charge < -0.3 is 9.73 Å². The SMILES string of the molecule is O=C(CCC(=O)c1cccs1)NCC(c1ccco1)N1CCCCC1. The molecule has 0 radical (unpaired) electrons. The maximum absolute atomic E-state index is 12.2. The zero-order chi connectivity index (χ0) is 17.5. The molecule has 0 saturated carbocycles. The number of amides is 1. The van der Waals surface area contributed by atoms with Crippen LogP contribution in [0.1, 0.15) is 53.6 Å². The third-order valence-electron chi connectivity index (χ3n) is 4.57. The lowest BCUT2D eigenvalue weighted by Crippen LogP contribution is -2.40. The van der Waals surface area contributed by atoms with Gasteiger partial charge in [0.1, 0.15) is 5.76 Å². The minimum absolute atomic E-state index is 0.0313. The van der Waals surface area contributed by atoms with E-state index in [0.29, 0.717) is 6.54 Å². The van der Waals surface area contributed by atoms with Gasteiger partial charge in [-0.1, -0.05) is 12.5 Å². The van der Waals surface area contributed by atoms with E-state index in [1.165, 1.54) is 30.6 Å². The van der Waals surface area contributed by atoms with Gasteiger partial charge in [0.25, 0.3) is 0 Å². The van der Waals surface area contributed by atoms with Gasteiger partial charge in [-0.15, -0.1) is 11.3 Å². The van der Waals surface area contributed by atoms with E-state index in [4.69, 9.17) is 4.42 Å². The summed E-state index contributed by atoms with van der Waals surface area (Å²) >= 11 is 1.42. The van der Waals surface area contributed by atoms with E-state index in [1.807, 2.05) is 23.6 Å². The van der Waals surface area contributed by atoms with E-state index in [-0.39, 0.29) is 30.6 Å². The van der Waals surface area contributed by atoms with E-state index < -0.39 is 0 Å². The Morgan fingerprint density at radius 1 is 1.16 bits per heavy atom. The summed E-state index contributed by atoms with van der Waals surface area (Å²) in [7, 11) is 0. The Morgan fingerprint density at radius 2 is 2.00 bits per heavy atom. The Balaban J connectivity index is 1.50. The van der Waals surface area contributed by atoms with Crippen LogP contribution in [0.4, 0.5) is 0 Å². The van der Waals surface area contributed by atoms with Gasteiger partial charge in [-0.25, -0.2) is 0 Å². The molecule has 1 atom stereocenters. The molecule has 1 saturated heterocycles. The van der Waals surface area contributed by atoms with Crippen molar-refractivity contribution in [2.45, 2.75) is 38.1 Å². The maximum Gasteiger partial charge on any atom is 0.220 e. The highest BCUT2D eigenvalue weighted by molar-refractivity contribution is 7.12. The van der Waals surface area contributed by atoms with Crippen LogP contribution in [-0.4, -0.2) is 36.2 Å². The first-order valence-electron chi connectivity index (χ1n) is 8.85. The van der Waals surface area contributed by atoms with Gasteiger partial charge in [-0.05, 0) is 49.5 Å². The number of nitrogens with one attached hydrogen (secondary N) is 1. The molecule has 0 aliphatic carbocycles. The van der Waals surface area contributed by atoms with Crippen LogP contribution in [0, 0.1) is 0 Å². The number of hydrogen-bond acceptors (Lipinski definition) is 5. The van der Waals surface area contributed by atoms with Crippen molar-refractivity contribution in [3.63, 3.8) is 0 Å². The van der Waals surface area contributed by atoms with E-state index in [1.54, 1.807) is 12.3 Å². The smallest absolute Gasteiger partial charge is 0.220 e. The van der Waals surface area contributed by atoms with Crippen LogP contribution < -0.4 is 5.32 Å². The largest absolute Gasteiger partial charge is 0.468 e. The molecule has 0 spiro atoms. The molecule has 1 unspecified atom stereocenters. The number of thiophene rings is 1. The number of hydrogen-bond donors (Lipinski definition) is 1. The summed E-state index contributed by atoms with van der Waals surface area (Å²) in [6.07, 6.45) is 5.77. The Morgan fingerprint density at radius 3 is 2.68 bits per heavy atom. The molecule has 6 heteroatoms. The van der Waals surface area contributed by atoms with Gasteiger partial charge in [0.15, 0.2) is 5.78 Å². The quantitative estimate of drug-likeness (QED) is 0.730. The normalized spacial score (nSPS) is 16.5. The number of rotatable bonds is 8. The first kappa shape index (κ1) is 17.9. The lowest BCUT2D eigenvalue weighted by Gasteiger charge is -2.33. The first-order chi connectivity index (χ1) is 12.2. The summed E-state index contributed by atoms with van der Waals surface area (Å²) in [4.78, 5) is 27.2. The molecule has 1 aliphatic heterocycles. The number of piperidine rings is 1. The zero-order valence-corrected chi connectivity index (χ0v) is 15.1. The summed E-state index contributed by atoms with van der Waals surface area (Å²) in [6.45, 7) is 2.57. The van der Waals surface area contributed by atoms with Crippen molar-refractivity contribution in [3.05, 3.63) is 46.5 Å². The summed E-state index contributed by atoms with van der Waals surface area (Å²) in [5, 5.41) is 4.85. The number of carbonyl (C=O) groups is 2. The molecule has 3 rings (SSSR count). The topological polar surface area (TPSA) is 62.6 Å². The molecule has 0 bridgehead atoms. The molecule has 0 aromatic carbocycles. The van der Waals surface area contributed by atoms with Crippen LogP contribution in [0.25, 0.3) is 0 Å². The van der Waals surface area contributed by atoms with Crippen LogP contribution >= 0.6 is 11.3 Å². The lowest BCUT2D eigenvalue weighted by atomic mass is 10.1. The molecular formula is C19H24N2O3S. The Hall–Kier alpha value is -1.92. The van der Waals surface area contributed by atoms with E-state index >= 15 is 0 Å². The highest BCUT2D eigenvalue weighted by Gasteiger charge is 2.25. The second-order valence-corrected chi connectivity index (χ2v) is 7.28. The molecule has 2 aromatic rings. The fraction of sp³-hybridized carbons (Fsp3) is 0.474. The van der Waals surface area contributed by atoms with Crippen molar-refractivity contribution in [2.24, 2.45) is 0 Å². The average molecular weight is 360 g/mol. The van der Waals surface area contributed by atoms with Gasteiger partial charge in [-0.3, -0.25) is 14.5 Å². The first-order valence-corrected chi connectivity index (χ1v) is 9.73. The Kier molecular flexibility index (Phi) is 6.42. The highest BCUT2D eigenvalue weighted by atomic mass is 32.1. The predicted molar refractivity (Wildman–Crippen MR) is 97.8 cm³/mol. The molecule has 134 valence electrons. The molecule has 1 fully saturated rings. The van der Waals surface area contributed by atoms with Crippen molar-refractivity contribution in [2.75, 3.05) is 19.6 Å². The second-order valence-electron chi connectivity index (χ2n) is 6.33. The standard InChI is InChI=1S/C19H24N2O3S/c22-16(18-7-5-13-25-18)8-9-19(23)20-14-15(17-6-4-12-24-17)21-10-2-1-3-11-21/h4-7,12-13,15H,1-3,8-11,14H2,(H,20,23). The molecule has 1 aliphatic rings. The van der Waals surface area contributed by atoms with Gasteiger partial charge in [0.05, 0.1) is 17.2 Å². The zero-order valence-electron chi connectivity index (χ0n) is 14.3. The van der Waals surface area contributed by atoms with Crippen LogP contribution in [-0.2, 0) is 4.79 Å². The average Bonchev–Trinajstić information content (AvgIpc) is 3.34. The van der Waals surface area contributed by atoms with Crippen LogP contribution in [0.3, 0.4) is 0 Å². The monoisotopic (exact) mass is 360 g/mol. The summed E-state index contributed by atoms with van der Waals surface area (Å²) < 4.78 is 5.58. The third kappa shape index (κ3) is 5.03. The number of carbonyl (C=O) groups excluding carboxylic acids is 2.